The molecule has 1 aromatic rings. The molecule has 0 spiro atoms. The van der Waals surface area contributed by atoms with Crippen LogP contribution in [0.2, 0.25) is 5.02 Å². The molecular formula is C11H13ClO2. The van der Waals surface area contributed by atoms with Crippen molar-refractivity contribution in [1.29, 1.82) is 0 Å². The van der Waals surface area contributed by atoms with Crippen molar-refractivity contribution in [3.05, 3.63) is 34.3 Å². The third-order valence-corrected chi connectivity index (χ3v) is 2.71. The average molecular weight is 213 g/mol. The Hall–Kier alpha value is -1.02. The maximum atomic E-state index is 10.9. The van der Waals surface area contributed by atoms with E-state index in [1.165, 1.54) is 0 Å². The van der Waals surface area contributed by atoms with E-state index in [1.807, 2.05) is 26.0 Å². The Morgan fingerprint density at radius 2 is 2.21 bits per heavy atom. The van der Waals surface area contributed by atoms with Gasteiger partial charge in [0.15, 0.2) is 0 Å². The molecule has 0 heterocycles. The Morgan fingerprint density at radius 1 is 1.57 bits per heavy atom. The molecule has 1 N–H and O–H groups in total. The summed E-state index contributed by atoms with van der Waals surface area (Å²) in [4.78, 5) is 10.9. The molecule has 0 amide bonds. The number of aliphatic carboxylic acids is 1. The van der Waals surface area contributed by atoms with Gasteiger partial charge < -0.3 is 5.11 Å². The Morgan fingerprint density at radius 3 is 2.64 bits per heavy atom. The van der Waals surface area contributed by atoms with Gasteiger partial charge in [-0.05, 0) is 30.5 Å². The third-order valence-electron chi connectivity index (χ3n) is 2.30. The van der Waals surface area contributed by atoms with Gasteiger partial charge in [-0.15, -0.1) is 0 Å². The number of hydrogen-bond donors (Lipinski definition) is 1. The van der Waals surface area contributed by atoms with Crippen LogP contribution >= 0.6 is 11.6 Å². The monoisotopic (exact) mass is 212 g/mol. The summed E-state index contributed by atoms with van der Waals surface area (Å²) < 4.78 is 0. The van der Waals surface area contributed by atoms with Crippen LogP contribution in [0.15, 0.2) is 18.2 Å². The highest BCUT2D eigenvalue weighted by atomic mass is 35.5. The number of rotatable bonds is 3. The first-order valence-corrected chi connectivity index (χ1v) is 4.93. The maximum absolute atomic E-state index is 10.9. The van der Waals surface area contributed by atoms with Gasteiger partial charge in [0.25, 0.3) is 0 Å². The van der Waals surface area contributed by atoms with E-state index in [0.29, 0.717) is 11.4 Å². The molecule has 0 aliphatic rings. The zero-order valence-electron chi connectivity index (χ0n) is 8.25. The molecule has 76 valence electrons. The topological polar surface area (TPSA) is 37.3 Å². The van der Waals surface area contributed by atoms with Gasteiger partial charge in [-0.2, -0.15) is 0 Å². The van der Waals surface area contributed by atoms with Crippen LogP contribution in [0, 0.1) is 6.92 Å². The van der Waals surface area contributed by atoms with Crippen molar-refractivity contribution in [2.75, 3.05) is 0 Å². The molecule has 0 aliphatic heterocycles. The quantitative estimate of drug-likeness (QED) is 0.835. The van der Waals surface area contributed by atoms with Crippen molar-refractivity contribution in [1.82, 2.24) is 0 Å². The van der Waals surface area contributed by atoms with Crippen LogP contribution in [0.25, 0.3) is 0 Å². The van der Waals surface area contributed by atoms with E-state index in [9.17, 15) is 4.79 Å². The summed E-state index contributed by atoms with van der Waals surface area (Å²) in [5, 5.41) is 9.57. The van der Waals surface area contributed by atoms with Crippen molar-refractivity contribution >= 4 is 17.6 Å². The summed E-state index contributed by atoms with van der Waals surface area (Å²) in [6, 6.07) is 5.41. The fourth-order valence-corrected chi connectivity index (χ4v) is 1.57. The highest BCUT2D eigenvalue weighted by molar-refractivity contribution is 6.31. The fraction of sp³-hybridized carbons (Fsp3) is 0.364. The lowest BCUT2D eigenvalue weighted by Gasteiger charge is -2.10. The van der Waals surface area contributed by atoms with Crippen molar-refractivity contribution in [2.24, 2.45) is 0 Å². The summed E-state index contributed by atoms with van der Waals surface area (Å²) in [5.41, 5.74) is 1.74. The normalized spacial score (nSPS) is 12.5. The van der Waals surface area contributed by atoms with Gasteiger partial charge in [0, 0.05) is 5.02 Å². The second-order valence-electron chi connectivity index (χ2n) is 3.31. The van der Waals surface area contributed by atoms with E-state index in [-0.39, 0.29) is 0 Å². The van der Waals surface area contributed by atoms with Crippen molar-refractivity contribution in [3.63, 3.8) is 0 Å². The van der Waals surface area contributed by atoms with Crippen LogP contribution in [0.5, 0.6) is 0 Å². The molecule has 3 heteroatoms. The molecule has 1 atom stereocenters. The van der Waals surface area contributed by atoms with Gasteiger partial charge in [-0.3, -0.25) is 4.79 Å². The summed E-state index contributed by atoms with van der Waals surface area (Å²) in [7, 11) is 0. The first-order valence-electron chi connectivity index (χ1n) is 4.55. The molecular weight excluding hydrogens is 200 g/mol. The average Bonchev–Trinajstić information content (AvgIpc) is 2.11. The largest absolute Gasteiger partial charge is 0.481 e. The van der Waals surface area contributed by atoms with Crippen LogP contribution in [-0.4, -0.2) is 11.1 Å². The van der Waals surface area contributed by atoms with Gasteiger partial charge >= 0.3 is 5.97 Å². The van der Waals surface area contributed by atoms with E-state index < -0.39 is 11.9 Å². The molecule has 0 bridgehead atoms. The number of carboxylic acid groups (broad SMARTS) is 1. The number of carboxylic acids is 1. The number of carbonyl (C=O) groups is 1. The Kier molecular flexibility index (Phi) is 3.53. The minimum Gasteiger partial charge on any atom is -0.481 e. The standard InChI is InChI=1S/C11H13ClO2/c1-3-9(11(13)14)8-5-4-7(2)10(12)6-8/h4-6,9H,3H2,1-2H3,(H,13,14). The minimum atomic E-state index is -0.799. The molecule has 0 aliphatic carbocycles. The van der Waals surface area contributed by atoms with Gasteiger partial charge in [0.1, 0.15) is 0 Å². The number of benzene rings is 1. The molecule has 1 aromatic carbocycles. The molecule has 0 saturated heterocycles. The Bertz CT molecular complexity index is 347. The molecule has 0 aromatic heterocycles. The smallest absolute Gasteiger partial charge is 0.310 e. The highest BCUT2D eigenvalue weighted by Gasteiger charge is 2.17. The highest BCUT2D eigenvalue weighted by Crippen LogP contribution is 2.24. The lowest BCUT2D eigenvalue weighted by Crippen LogP contribution is -2.10. The molecule has 0 radical (unpaired) electrons. The fourth-order valence-electron chi connectivity index (χ4n) is 1.38. The van der Waals surface area contributed by atoms with Gasteiger partial charge in [0.2, 0.25) is 0 Å². The first-order chi connectivity index (χ1) is 6.56. The predicted molar refractivity (Wildman–Crippen MR) is 56.9 cm³/mol. The lowest BCUT2D eigenvalue weighted by molar-refractivity contribution is -0.138. The van der Waals surface area contributed by atoms with E-state index >= 15 is 0 Å². The van der Waals surface area contributed by atoms with Gasteiger partial charge in [-0.1, -0.05) is 30.7 Å². The zero-order valence-corrected chi connectivity index (χ0v) is 9.01. The van der Waals surface area contributed by atoms with E-state index in [1.54, 1.807) is 6.07 Å². The lowest BCUT2D eigenvalue weighted by atomic mass is 9.96. The summed E-state index contributed by atoms with van der Waals surface area (Å²) >= 11 is 5.93. The minimum absolute atomic E-state index is 0.451. The van der Waals surface area contributed by atoms with Crippen LogP contribution in [0.1, 0.15) is 30.4 Å². The second kappa shape index (κ2) is 4.47. The van der Waals surface area contributed by atoms with Crippen molar-refractivity contribution < 1.29 is 9.90 Å². The van der Waals surface area contributed by atoms with E-state index in [0.717, 1.165) is 11.1 Å². The maximum Gasteiger partial charge on any atom is 0.310 e. The Labute approximate surface area is 88.5 Å². The molecule has 0 saturated carbocycles. The first kappa shape index (κ1) is 11.1. The molecule has 2 nitrogen and oxygen atoms in total. The van der Waals surface area contributed by atoms with Gasteiger partial charge in [0.05, 0.1) is 5.92 Å². The Balaban J connectivity index is 3.06. The molecule has 1 unspecified atom stereocenters. The molecule has 14 heavy (non-hydrogen) atoms. The molecule has 1 rings (SSSR count). The van der Waals surface area contributed by atoms with Crippen LogP contribution in [0.3, 0.4) is 0 Å². The second-order valence-corrected chi connectivity index (χ2v) is 3.71. The third kappa shape index (κ3) is 2.26. The van der Waals surface area contributed by atoms with E-state index in [4.69, 9.17) is 16.7 Å². The van der Waals surface area contributed by atoms with Crippen LogP contribution < -0.4 is 0 Å². The zero-order chi connectivity index (χ0) is 10.7. The summed E-state index contributed by atoms with van der Waals surface area (Å²) in [6.45, 7) is 3.75. The van der Waals surface area contributed by atoms with Crippen molar-refractivity contribution in [3.8, 4) is 0 Å². The van der Waals surface area contributed by atoms with Crippen LogP contribution in [0.4, 0.5) is 0 Å². The summed E-state index contributed by atoms with van der Waals surface area (Å²) in [5.74, 6) is -1.25. The van der Waals surface area contributed by atoms with E-state index in [2.05, 4.69) is 0 Å². The predicted octanol–water partition coefficient (Wildman–Crippen LogP) is 3.23. The number of hydrogen-bond acceptors (Lipinski definition) is 1. The van der Waals surface area contributed by atoms with Crippen molar-refractivity contribution in [2.45, 2.75) is 26.2 Å². The van der Waals surface area contributed by atoms with Crippen LogP contribution in [-0.2, 0) is 4.79 Å². The molecule has 0 fully saturated rings. The number of halogens is 1. The SMILES string of the molecule is CCC(C(=O)O)c1ccc(C)c(Cl)c1. The summed E-state index contributed by atoms with van der Waals surface area (Å²) in [6.07, 6.45) is 0.578. The number of aryl methyl sites for hydroxylation is 1. The van der Waals surface area contributed by atoms with Gasteiger partial charge in [-0.25, -0.2) is 0 Å².